The first-order valence-corrected chi connectivity index (χ1v) is 6.97. The van der Waals surface area contributed by atoms with Crippen molar-refractivity contribution in [3.8, 4) is 0 Å². The van der Waals surface area contributed by atoms with E-state index in [4.69, 9.17) is 0 Å². The summed E-state index contributed by atoms with van der Waals surface area (Å²) in [5.74, 6) is 2.96. The largest absolute Gasteiger partial charge is 0.0651 e. The van der Waals surface area contributed by atoms with Gasteiger partial charge in [-0.2, -0.15) is 0 Å². The highest BCUT2D eigenvalue weighted by Gasteiger charge is 2.28. The maximum atomic E-state index is 2.45. The Balaban J connectivity index is 2.18. The van der Waals surface area contributed by atoms with Crippen molar-refractivity contribution in [1.82, 2.24) is 0 Å². The van der Waals surface area contributed by atoms with Gasteiger partial charge in [-0.05, 0) is 36.0 Å². The lowest BCUT2D eigenvalue weighted by molar-refractivity contribution is 0.152. The summed E-state index contributed by atoms with van der Waals surface area (Å²) in [5.41, 5.74) is 0.557. The second-order valence-corrected chi connectivity index (χ2v) is 6.50. The van der Waals surface area contributed by atoms with Crippen molar-refractivity contribution in [2.75, 3.05) is 0 Å². The molecule has 0 radical (unpaired) electrons. The van der Waals surface area contributed by atoms with Crippen LogP contribution in [0, 0.1) is 23.2 Å². The first kappa shape index (κ1) is 13.1. The summed E-state index contributed by atoms with van der Waals surface area (Å²) < 4.78 is 0. The van der Waals surface area contributed by atoms with Crippen molar-refractivity contribution in [2.45, 2.75) is 73.1 Å². The predicted octanol–water partition coefficient (Wildman–Crippen LogP) is 5.28. The number of rotatable bonds is 6. The van der Waals surface area contributed by atoms with Crippen LogP contribution in [0.1, 0.15) is 73.1 Å². The van der Waals surface area contributed by atoms with Crippen molar-refractivity contribution >= 4 is 0 Å². The molecule has 1 rings (SSSR count). The van der Waals surface area contributed by atoms with Gasteiger partial charge in [0.1, 0.15) is 0 Å². The van der Waals surface area contributed by atoms with Gasteiger partial charge < -0.3 is 0 Å². The maximum absolute atomic E-state index is 2.45. The Labute approximate surface area is 96.8 Å². The minimum Gasteiger partial charge on any atom is -0.0651 e. The third kappa shape index (κ3) is 3.50. The van der Waals surface area contributed by atoms with Gasteiger partial charge in [-0.25, -0.2) is 0 Å². The van der Waals surface area contributed by atoms with Crippen LogP contribution in [0.5, 0.6) is 0 Å². The van der Waals surface area contributed by atoms with E-state index in [9.17, 15) is 0 Å². The van der Waals surface area contributed by atoms with Crippen LogP contribution < -0.4 is 0 Å². The fourth-order valence-electron chi connectivity index (χ4n) is 2.78. The highest BCUT2D eigenvalue weighted by atomic mass is 14.3. The van der Waals surface area contributed by atoms with Crippen molar-refractivity contribution in [1.29, 1.82) is 0 Å². The fourth-order valence-corrected chi connectivity index (χ4v) is 2.78. The maximum Gasteiger partial charge on any atom is -0.0329 e. The molecule has 0 nitrogen and oxygen atoms in total. The molecular formula is C15H30. The topological polar surface area (TPSA) is 0 Å². The van der Waals surface area contributed by atoms with Gasteiger partial charge in [-0.3, -0.25) is 0 Å². The van der Waals surface area contributed by atoms with Gasteiger partial charge in [-0.1, -0.05) is 60.3 Å². The lowest BCUT2D eigenvalue weighted by Gasteiger charge is -2.36. The molecule has 0 bridgehead atoms. The van der Waals surface area contributed by atoms with Crippen LogP contribution >= 0.6 is 0 Å². The molecule has 3 unspecified atom stereocenters. The van der Waals surface area contributed by atoms with Crippen LogP contribution in [0.3, 0.4) is 0 Å². The van der Waals surface area contributed by atoms with E-state index in [1.54, 1.807) is 0 Å². The quantitative estimate of drug-likeness (QED) is 0.560. The molecule has 1 fully saturated rings. The summed E-state index contributed by atoms with van der Waals surface area (Å²) >= 11 is 0. The Morgan fingerprint density at radius 3 is 2.33 bits per heavy atom. The van der Waals surface area contributed by atoms with E-state index in [1.807, 2.05) is 0 Å². The molecule has 0 spiro atoms. The second-order valence-electron chi connectivity index (χ2n) is 6.50. The average Bonchev–Trinajstić information content (AvgIpc) is 2.20. The summed E-state index contributed by atoms with van der Waals surface area (Å²) in [4.78, 5) is 0. The van der Waals surface area contributed by atoms with Crippen molar-refractivity contribution in [3.63, 3.8) is 0 Å². The summed E-state index contributed by atoms with van der Waals surface area (Å²) in [6.07, 6.45) is 8.68. The molecule has 0 aromatic carbocycles. The molecule has 15 heavy (non-hydrogen) atoms. The standard InChI is InChI=1S/C15H30/c1-6-13(3)15(4,5)11-7-8-14-10-9-12(14)2/h12-14H,6-11H2,1-5H3. The van der Waals surface area contributed by atoms with Crippen molar-refractivity contribution in [3.05, 3.63) is 0 Å². The molecule has 0 amide bonds. The third-order valence-corrected chi connectivity index (χ3v) is 5.14. The zero-order chi connectivity index (χ0) is 11.5. The Hall–Kier alpha value is 0. The molecular weight excluding hydrogens is 180 g/mol. The normalized spacial score (nSPS) is 28.6. The van der Waals surface area contributed by atoms with Crippen LogP contribution in [0.25, 0.3) is 0 Å². The number of hydrogen-bond donors (Lipinski definition) is 0. The Morgan fingerprint density at radius 2 is 1.93 bits per heavy atom. The molecule has 0 aromatic heterocycles. The highest BCUT2D eigenvalue weighted by Crippen LogP contribution is 2.40. The fraction of sp³-hybridized carbons (Fsp3) is 1.00. The minimum atomic E-state index is 0.557. The molecule has 0 heterocycles. The third-order valence-electron chi connectivity index (χ3n) is 5.14. The van der Waals surface area contributed by atoms with Gasteiger partial charge >= 0.3 is 0 Å². The lowest BCUT2D eigenvalue weighted by atomic mass is 9.70. The van der Waals surface area contributed by atoms with E-state index in [2.05, 4.69) is 34.6 Å². The summed E-state index contributed by atoms with van der Waals surface area (Å²) in [5, 5.41) is 0. The van der Waals surface area contributed by atoms with Crippen molar-refractivity contribution < 1.29 is 0 Å². The van der Waals surface area contributed by atoms with Gasteiger partial charge in [-0.15, -0.1) is 0 Å². The van der Waals surface area contributed by atoms with Gasteiger partial charge in [0.05, 0.1) is 0 Å². The van der Waals surface area contributed by atoms with Gasteiger partial charge in [0, 0.05) is 0 Å². The molecule has 0 N–H and O–H groups in total. The first-order valence-electron chi connectivity index (χ1n) is 6.97. The van der Waals surface area contributed by atoms with Gasteiger partial charge in [0.15, 0.2) is 0 Å². The molecule has 0 aromatic rings. The minimum absolute atomic E-state index is 0.557. The molecule has 0 aliphatic heterocycles. The smallest absolute Gasteiger partial charge is 0.0329 e. The predicted molar refractivity (Wildman–Crippen MR) is 69.0 cm³/mol. The van der Waals surface area contributed by atoms with E-state index in [-0.39, 0.29) is 0 Å². The zero-order valence-electron chi connectivity index (χ0n) is 11.5. The van der Waals surface area contributed by atoms with Crippen LogP contribution in [0.2, 0.25) is 0 Å². The van der Waals surface area contributed by atoms with Gasteiger partial charge in [0.2, 0.25) is 0 Å². The summed E-state index contributed by atoms with van der Waals surface area (Å²) in [7, 11) is 0. The van der Waals surface area contributed by atoms with E-state index in [0.717, 1.165) is 17.8 Å². The molecule has 0 heteroatoms. The first-order chi connectivity index (χ1) is 6.97. The molecule has 90 valence electrons. The van der Waals surface area contributed by atoms with Crippen LogP contribution in [0.15, 0.2) is 0 Å². The molecule has 0 saturated heterocycles. The number of hydrogen-bond acceptors (Lipinski definition) is 0. The monoisotopic (exact) mass is 210 g/mol. The Morgan fingerprint density at radius 1 is 1.27 bits per heavy atom. The van der Waals surface area contributed by atoms with Gasteiger partial charge in [0.25, 0.3) is 0 Å². The summed E-state index contributed by atoms with van der Waals surface area (Å²) in [6.45, 7) is 12.1. The van der Waals surface area contributed by atoms with E-state index in [1.165, 1.54) is 38.5 Å². The molecule has 1 aliphatic carbocycles. The second kappa shape index (κ2) is 5.37. The lowest BCUT2D eigenvalue weighted by Crippen LogP contribution is -2.25. The Bertz CT molecular complexity index is 180. The highest BCUT2D eigenvalue weighted by molar-refractivity contribution is 4.79. The van der Waals surface area contributed by atoms with E-state index < -0.39 is 0 Å². The van der Waals surface area contributed by atoms with Crippen LogP contribution in [-0.4, -0.2) is 0 Å². The van der Waals surface area contributed by atoms with E-state index in [0.29, 0.717) is 5.41 Å². The molecule has 3 atom stereocenters. The van der Waals surface area contributed by atoms with E-state index >= 15 is 0 Å². The zero-order valence-corrected chi connectivity index (χ0v) is 11.5. The average molecular weight is 210 g/mol. The Kier molecular flexibility index (Phi) is 4.67. The van der Waals surface area contributed by atoms with Crippen molar-refractivity contribution in [2.24, 2.45) is 23.2 Å². The summed E-state index contributed by atoms with van der Waals surface area (Å²) in [6, 6.07) is 0. The molecule has 1 saturated carbocycles. The molecule has 1 aliphatic rings. The van der Waals surface area contributed by atoms with Crippen LogP contribution in [-0.2, 0) is 0 Å². The SMILES string of the molecule is CCC(C)C(C)(C)CCCC1CCC1C. The van der Waals surface area contributed by atoms with Crippen LogP contribution in [0.4, 0.5) is 0 Å².